The Morgan fingerprint density at radius 3 is 2.18 bits per heavy atom. The van der Waals surface area contributed by atoms with Crippen molar-refractivity contribution in [3.05, 3.63) is 125 Å². The van der Waals surface area contributed by atoms with E-state index in [0.29, 0.717) is 16.8 Å². The number of carbonyl (C=O) groups excluding carboxylic acids is 2. The van der Waals surface area contributed by atoms with Gasteiger partial charge in [0.1, 0.15) is 22.3 Å². The molecule has 0 saturated carbocycles. The zero-order chi connectivity index (χ0) is 35.5. The molecule has 11 nitrogen and oxygen atoms in total. The number of fused-ring (bicyclic) bond motifs is 2. The highest BCUT2D eigenvalue weighted by atomic mass is 32.2. The van der Waals surface area contributed by atoms with Gasteiger partial charge in [-0.1, -0.05) is 29.8 Å². The van der Waals surface area contributed by atoms with Gasteiger partial charge in [-0.2, -0.15) is 0 Å². The predicted molar refractivity (Wildman–Crippen MR) is 178 cm³/mol. The van der Waals surface area contributed by atoms with Gasteiger partial charge in [0, 0.05) is 48.8 Å². The third kappa shape index (κ3) is 5.63. The summed E-state index contributed by atoms with van der Waals surface area (Å²) in [6.07, 6.45) is 3.59. The number of hydrogen-bond donors (Lipinski definition) is 1. The minimum Gasteiger partial charge on any atom is -0.453 e. The van der Waals surface area contributed by atoms with Gasteiger partial charge in [-0.3, -0.25) is 14.5 Å². The fourth-order valence-corrected chi connectivity index (χ4v) is 8.22. The van der Waals surface area contributed by atoms with Crippen LogP contribution in [0.1, 0.15) is 32.0 Å². The molecule has 1 aliphatic rings. The summed E-state index contributed by atoms with van der Waals surface area (Å²) >= 11 is 0. The van der Waals surface area contributed by atoms with E-state index in [0.717, 1.165) is 39.0 Å². The highest BCUT2D eigenvalue weighted by Crippen LogP contribution is 2.40. The molecule has 2 amide bonds. The summed E-state index contributed by atoms with van der Waals surface area (Å²) in [6, 6.07) is 18.0. The fourth-order valence-electron chi connectivity index (χ4n) is 5.84. The first-order chi connectivity index (χ1) is 23.7. The highest BCUT2D eigenvalue weighted by Gasteiger charge is 2.35. The zero-order valence-electron chi connectivity index (χ0n) is 26.3. The van der Waals surface area contributed by atoms with E-state index in [-0.39, 0.29) is 45.9 Å². The molecule has 4 aromatic carbocycles. The van der Waals surface area contributed by atoms with Gasteiger partial charge in [-0.15, -0.1) is 0 Å². The lowest BCUT2D eigenvalue weighted by Gasteiger charge is -2.15. The number of nitrogens with one attached hydrogen (secondary N) is 1. The molecule has 50 heavy (non-hydrogen) atoms. The molecule has 0 fully saturated rings. The van der Waals surface area contributed by atoms with Crippen LogP contribution >= 0.6 is 0 Å². The smallest absolute Gasteiger partial charge is 0.268 e. The number of ether oxygens (including phenoxy) is 1. The van der Waals surface area contributed by atoms with Crippen molar-refractivity contribution in [2.45, 2.75) is 23.1 Å². The Labute approximate surface area is 284 Å². The number of imide groups is 1. The van der Waals surface area contributed by atoms with Crippen LogP contribution < -0.4 is 4.74 Å². The van der Waals surface area contributed by atoms with E-state index in [2.05, 4.69) is 9.97 Å². The molecule has 1 aliphatic heterocycles. The van der Waals surface area contributed by atoms with Crippen LogP contribution in [0.2, 0.25) is 0 Å². The number of benzene rings is 4. The van der Waals surface area contributed by atoms with Gasteiger partial charge in [0.15, 0.2) is 21.4 Å². The summed E-state index contributed by atoms with van der Waals surface area (Å²) in [5, 5.41) is -0.101. The number of aryl methyl sites for hydroxylation is 1. The first-order valence-electron chi connectivity index (χ1n) is 15.1. The number of H-pyrrole nitrogens is 1. The highest BCUT2D eigenvalue weighted by molar-refractivity contribution is 7.91. The number of hydrogen-bond acceptors (Lipinski definition) is 8. The van der Waals surface area contributed by atoms with Gasteiger partial charge < -0.3 is 9.72 Å². The Bertz CT molecular complexity index is 2560. The summed E-state index contributed by atoms with van der Waals surface area (Å²) < 4.78 is 90.4. The molecule has 0 radical (unpaired) electrons. The van der Waals surface area contributed by atoms with Crippen molar-refractivity contribution in [2.24, 2.45) is 0 Å². The van der Waals surface area contributed by atoms with Crippen LogP contribution in [0, 0.1) is 18.6 Å². The topological polar surface area (TPSA) is 148 Å². The second-order valence-electron chi connectivity index (χ2n) is 11.7. The van der Waals surface area contributed by atoms with Gasteiger partial charge in [-0.05, 0) is 55.5 Å². The minimum absolute atomic E-state index is 0.0453. The normalized spacial score (nSPS) is 13.3. The summed E-state index contributed by atoms with van der Waals surface area (Å²) in [5.74, 6) is -3.51. The quantitative estimate of drug-likeness (QED) is 0.182. The van der Waals surface area contributed by atoms with Crippen LogP contribution in [0.3, 0.4) is 0 Å². The van der Waals surface area contributed by atoms with Crippen LogP contribution in [0.15, 0.2) is 101 Å². The van der Waals surface area contributed by atoms with Crippen LogP contribution in [-0.2, 0) is 26.3 Å². The van der Waals surface area contributed by atoms with E-state index >= 15 is 8.78 Å². The molecule has 0 saturated heterocycles. The van der Waals surface area contributed by atoms with Crippen molar-refractivity contribution < 1.29 is 39.9 Å². The molecule has 254 valence electrons. The fraction of sp³-hybridized carbons (Fsp3) is 0.114. The standard InChI is InChI=1S/C35H26F2N4O7S2/c1-20-7-10-23(11-8-20)50(46,47)41-16-14-26-30(41)18-29(37)31(32(26)49(2,44)45)48-22-9-12-28(36)27(17-22)33-38-19-21(39-33)13-15-40-34(42)24-5-3-4-6-25(24)35(40)43/h3-12,14,16-19H,13,15H2,1-2H3,(H,38,39). The molecular weight excluding hydrogens is 691 g/mol. The van der Waals surface area contributed by atoms with Crippen molar-refractivity contribution in [2.75, 3.05) is 12.8 Å². The molecule has 0 bridgehead atoms. The summed E-state index contributed by atoms with van der Waals surface area (Å²) in [4.78, 5) is 33.0. The SMILES string of the molecule is Cc1ccc(S(=O)(=O)n2ccc3c(S(C)(=O)=O)c(Oc4ccc(F)c(-c5ncc(CCN6C(=O)c7ccccc7C6=O)[nH]5)c4)c(F)cc32)cc1. The molecule has 0 unspecified atom stereocenters. The molecular formula is C35H26F2N4O7S2. The van der Waals surface area contributed by atoms with E-state index in [1.54, 1.807) is 43.3 Å². The Kier molecular flexibility index (Phi) is 7.91. The Morgan fingerprint density at radius 2 is 1.52 bits per heavy atom. The second-order valence-corrected chi connectivity index (χ2v) is 15.5. The van der Waals surface area contributed by atoms with Crippen molar-refractivity contribution >= 4 is 42.6 Å². The number of carbonyl (C=O) groups is 2. The molecule has 7 rings (SSSR count). The van der Waals surface area contributed by atoms with Crippen LogP contribution in [0.25, 0.3) is 22.3 Å². The van der Waals surface area contributed by atoms with E-state index in [1.807, 2.05) is 0 Å². The van der Waals surface area contributed by atoms with Crippen molar-refractivity contribution in [1.82, 2.24) is 18.8 Å². The summed E-state index contributed by atoms with van der Waals surface area (Å²) in [6.45, 7) is 1.83. The zero-order valence-corrected chi connectivity index (χ0v) is 28.0. The monoisotopic (exact) mass is 716 g/mol. The molecule has 0 atom stereocenters. The first kappa shape index (κ1) is 32.9. The van der Waals surface area contributed by atoms with E-state index in [1.165, 1.54) is 36.5 Å². The van der Waals surface area contributed by atoms with Gasteiger partial charge in [0.25, 0.3) is 21.8 Å². The maximum Gasteiger partial charge on any atom is 0.268 e. The number of aromatic nitrogens is 3. The number of halogens is 2. The second kappa shape index (κ2) is 12.0. The lowest BCUT2D eigenvalue weighted by Crippen LogP contribution is -2.31. The molecule has 0 aliphatic carbocycles. The summed E-state index contributed by atoms with van der Waals surface area (Å²) in [5.41, 5.74) is 1.64. The number of aromatic amines is 1. The Hall–Kier alpha value is -5.67. The molecule has 2 aromatic heterocycles. The molecule has 3 heterocycles. The molecule has 1 N–H and O–H groups in total. The Morgan fingerprint density at radius 1 is 0.840 bits per heavy atom. The third-order valence-corrected chi connectivity index (χ3v) is 11.1. The van der Waals surface area contributed by atoms with Crippen LogP contribution in [0.5, 0.6) is 11.5 Å². The van der Waals surface area contributed by atoms with Crippen LogP contribution in [0.4, 0.5) is 8.78 Å². The van der Waals surface area contributed by atoms with Gasteiger partial charge >= 0.3 is 0 Å². The third-order valence-electron chi connectivity index (χ3n) is 8.29. The predicted octanol–water partition coefficient (Wildman–Crippen LogP) is 5.89. The van der Waals surface area contributed by atoms with Crippen molar-refractivity contribution in [3.8, 4) is 22.9 Å². The summed E-state index contributed by atoms with van der Waals surface area (Å²) in [7, 11) is -8.46. The first-order valence-corrected chi connectivity index (χ1v) is 18.4. The van der Waals surface area contributed by atoms with E-state index < -0.39 is 54.0 Å². The van der Waals surface area contributed by atoms with Gasteiger partial charge in [-0.25, -0.2) is 34.6 Å². The number of sulfone groups is 1. The van der Waals surface area contributed by atoms with Gasteiger partial charge in [0.2, 0.25) is 0 Å². The molecule has 15 heteroatoms. The lowest BCUT2D eigenvalue weighted by atomic mass is 10.1. The van der Waals surface area contributed by atoms with E-state index in [4.69, 9.17) is 4.74 Å². The van der Waals surface area contributed by atoms with E-state index in [9.17, 15) is 26.4 Å². The average molecular weight is 717 g/mol. The average Bonchev–Trinajstić information content (AvgIpc) is 3.78. The maximum atomic E-state index is 15.8. The lowest BCUT2D eigenvalue weighted by molar-refractivity contribution is 0.0655. The molecule has 6 aromatic rings. The largest absolute Gasteiger partial charge is 0.453 e. The number of imidazole rings is 1. The number of amides is 2. The van der Waals surface area contributed by atoms with Crippen molar-refractivity contribution in [1.29, 1.82) is 0 Å². The number of nitrogens with zero attached hydrogens (tertiary/aromatic N) is 3. The maximum absolute atomic E-state index is 15.8. The van der Waals surface area contributed by atoms with Crippen LogP contribution in [-0.4, -0.2) is 60.3 Å². The minimum atomic E-state index is -4.23. The van der Waals surface area contributed by atoms with Crippen molar-refractivity contribution in [3.63, 3.8) is 0 Å². The Balaban J connectivity index is 1.18. The van der Waals surface area contributed by atoms with Gasteiger partial charge in [0.05, 0.1) is 27.1 Å². The number of rotatable bonds is 9. The molecule has 0 spiro atoms.